The molecule has 1 atom stereocenters. The van der Waals surface area contributed by atoms with Crippen LogP contribution in [0.2, 0.25) is 0 Å². The Hall–Kier alpha value is -3.15. The Labute approximate surface area is 139 Å². The molecule has 2 aromatic carbocycles. The molecular weight excluding hydrogens is 300 g/mol. The monoisotopic (exact) mass is 318 g/mol. The topological polar surface area (TPSA) is 92.5 Å². The molecule has 6 nitrogen and oxygen atoms in total. The number of nitrogens with zero attached hydrogens (tertiary/aromatic N) is 3. The molecule has 4 rings (SSSR count). The maximum absolute atomic E-state index is 5.73. The molecule has 0 spiro atoms. The molecule has 0 saturated heterocycles. The van der Waals surface area contributed by atoms with Crippen molar-refractivity contribution in [3.05, 3.63) is 54.1 Å². The van der Waals surface area contributed by atoms with Crippen molar-refractivity contribution in [2.75, 3.05) is 17.6 Å². The summed E-state index contributed by atoms with van der Waals surface area (Å²) in [6.07, 6.45) is 0. The molecule has 6 heteroatoms. The first-order chi connectivity index (χ1) is 11.7. The van der Waals surface area contributed by atoms with Gasteiger partial charge in [0.25, 0.3) is 0 Å². The highest BCUT2D eigenvalue weighted by Crippen LogP contribution is 2.22. The van der Waals surface area contributed by atoms with Crippen LogP contribution >= 0.6 is 0 Å². The van der Waals surface area contributed by atoms with Crippen LogP contribution in [0.5, 0.6) is 0 Å². The number of rotatable bonds is 4. The number of fused-ring (bicyclic) bond motifs is 3. The van der Waals surface area contributed by atoms with Gasteiger partial charge in [-0.2, -0.15) is 4.98 Å². The Balaban J connectivity index is 1.54. The molecule has 0 fully saturated rings. The van der Waals surface area contributed by atoms with E-state index in [4.69, 9.17) is 5.73 Å². The lowest BCUT2D eigenvalue weighted by Gasteiger charge is -2.12. The lowest BCUT2D eigenvalue weighted by atomic mass is 10.0. The van der Waals surface area contributed by atoms with Crippen molar-refractivity contribution in [3.8, 4) is 0 Å². The van der Waals surface area contributed by atoms with Crippen molar-refractivity contribution < 1.29 is 0 Å². The number of benzene rings is 2. The Morgan fingerprint density at radius 3 is 2.71 bits per heavy atom. The van der Waals surface area contributed by atoms with Crippen LogP contribution in [0.15, 0.2) is 48.5 Å². The summed E-state index contributed by atoms with van der Waals surface area (Å²) in [4.78, 5) is 7.81. The Bertz CT molecular complexity index is 989. The van der Waals surface area contributed by atoms with Crippen molar-refractivity contribution in [3.63, 3.8) is 0 Å². The van der Waals surface area contributed by atoms with Gasteiger partial charge in [-0.05, 0) is 29.7 Å². The molecule has 0 aliphatic carbocycles. The maximum atomic E-state index is 5.73. The van der Waals surface area contributed by atoms with Gasteiger partial charge in [-0.25, -0.2) is 0 Å². The molecule has 0 aliphatic rings. The molecule has 4 N–H and O–H groups in total. The number of aromatic amines is 1. The van der Waals surface area contributed by atoms with Gasteiger partial charge in [0.05, 0.1) is 0 Å². The van der Waals surface area contributed by atoms with E-state index in [9.17, 15) is 0 Å². The molecule has 0 radical (unpaired) electrons. The Morgan fingerprint density at radius 1 is 1.08 bits per heavy atom. The van der Waals surface area contributed by atoms with E-state index in [1.165, 1.54) is 5.56 Å². The average Bonchev–Trinajstić information content (AvgIpc) is 2.98. The number of nitrogen functional groups attached to an aromatic ring is 1. The number of hydrogen-bond donors (Lipinski definition) is 3. The van der Waals surface area contributed by atoms with Crippen molar-refractivity contribution in [1.29, 1.82) is 0 Å². The second kappa shape index (κ2) is 5.81. The highest BCUT2D eigenvalue weighted by atomic mass is 15.2. The predicted octanol–water partition coefficient (Wildman–Crippen LogP) is 3.30. The zero-order chi connectivity index (χ0) is 16.5. The van der Waals surface area contributed by atoms with E-state index in [2.05, 4.69) is 32.4 Å². The number of para-hydroxylation sites is 1. The average molecular weight is 318 g/mol. The van der Waals surface area contributed by atoms with E-state index >= 15 is 0 Å². The van der Waals surface area contributed by atoms with Crippen LogP contribution in [-0.2, 0) is 0 Å². The minimum Gasteiger partial charge on any atom is -0.399 e. The molecular formula is C18H18N6. The van der Waals surface area contributed by atoms with Crippen LogP contribution < -0.4 is 11.1 Å². The van der Waals surface area contributed by atoms with Gasteiger partial charge in [0.2, 0.25) is 5.95 Å². The van der Waals surface area contributed by atoms with Crippen LogP contribution in [0.25, 0.3) is 22.1 Å². The summed E-state index contributed by atoms with van der Waals surface area (Å²) >= 11 is 0. The fourth-order valence-corrected chi connectivity index (χ4v) is 2.78. The molecule has 0 aliphatic heterocycles. The van der Waals surface area contributed by atoms with Crippen molar-refractivity contribution in [1.82, 2.24) is 20.2 Å². The van der Waals surface area contributed by atoms with Gasteiger partial charge in [0.15, 0.2) is 5.65 Å². The highest BCUT2D eigenvalue weighted by molar-refractivity contribution is 6.03. The summed E-state index contributed by atoms with van der Waals surface area (Å²) in [7, 11) is 0. The van der Waals surface area contributed by atoms with E-state index < -0.39 is 0 Å². The quantitative estimate of drug-likeness (QED) is 0.502. The van der Waals surface area contributed by atoms with Gasteiger partial charge < -0.3 is 16.0 Å². The minimum atomic E-state index is 0.313. The molecule has 24 heavy (non-hydrogen) atoms. The lowest BCUT2D eigenvalue weighted by molar-refractivity contribution is 0.793. The second-order valence-corrected chi connectivity index (χ2v) is 5.95. The third-order valence-corrected chi connectivity index (χ3v) is 4.19. The van der Waals surface area contributed by atoms with Crippen LogP contribution in [0.1, 0.15) is 18.4 Å². The van der Waals surface area contributed by atoms with E-state index in [1.54, 1.807) is 0 Å². The molecule has 2 heterocycles. The zero-order valence-electron chi connectivity index (χ0n) is 13.3. The van der Waals surface area contributed by atoms with Crippen LogP contribution in [0.4, 0.5) is 11.6 Å². The number of anilines is 2. The van der Waals surface area contributed by atoms with E-state index in [-0.39, 0.29) is 0 Å². The molecule has 0 amide bonds. The Kier molecular flexibility index (Phi) is 3.49. The Morgan fingerprint density at radius 2 is 1.88 bits per heavy atom. The van der Waals surface area contributed by atoms with Crippen molar-refractivity contribution >= 4 is 33.7 Å². The smallest absolute Gasteiger partial charge is 0.244 e. The predicted molar refractivity (Wildman–Crippen MR) is 96.9 cm³/mol. The van der Waals surface area contributed by atoms with Crippen LogP contribution in [0, 0.1) is 0 Å². The molecule has 0 saturated carbocycles. The summed E-state index contributed by atoms with van der Waals surface area (Å²) in [6.45, 7) is 2.87. The summed E-state index contributed by atoms with van der Waals surface area (Å²) in [6, 6.07) is 15.9. The van der Waals surface area contributed by atoms with Gasteiger partial charge >= 0.3 is 0 Å². The number of hydrogen-bond acceptors (Lipinski definition) is 5. The summed E-state index contributed by atoms with van der Waals surface area (Å²) in [5, 5.41) is 12.8. The number of H-pyrrole nitrogens is 1. The normalized spacial score (nSPS) is 12.5. The van der Waals surface area contributed by atoms with E-state index in [1.807, 2.05) is 48.5 Å². The molecule has 2 aromatic heterocycles. The molecule has 0 bridgehead atoms. The SMILES string of the molecule is CC(CNc1nnc2c(n1)[nH]c1ccccc12)c1ccc(N)cc1. The summed E-state index contributed by atoms with van der Waals surface area (Å²) in [5.74, 6) is 0.837. The largest absolute Gasteiger partial charge is 0.399 e. The van der Waals surface area contributed by atoms with Gasteiger partial charge in [-0.3, -0.25) is 0 Å². The van der Waals surface area contributed by atoms with Crippen LogP contribution in [0.3, 0.4) is 0 Å². The number of nitrogens with two attached hydrogens (primary N) is 1. The van der Waals surface area contributed by atoms with E-state index in [0.717, 1.165) is 34.3 Å². The van der Waals surface area contributed by atoms with Gasteiger partial charge in [0.1, 0.15) is 5.52 Å². The fourth-order valence-electron chi connectivity index (χ4n) is 2.78. The number of nitrogens with one attached hydrogen (secondary N) is 2. The van der Waals surface area contributed by atoms with Crippen molar-refractivity contribution in [2.24, 2.45) is 0 Å². The van der Waals surface area contributed by atoms with Crippen LogP contribution in [-0.4, -0.2) is 26.7 Å². The first kappa shape index (κ1) is 14.4. The zero-order valence-corrected chi connectivity index (χ0v) is 13.3. The highest BCUT2D eigenvalue weighted by Gasteiger charge is 2.10. The molecule has 4 aromatic rings. The maximum Gasteiger partial charge on any atom is 0.244 e. The molecule has 1 unspecified atom stereocenters. The summed E-state index contributed by atoms with van der Waals surface area (Å²) < 4.78 is 0. The standard InChI is InChI=1S/C18H18N6/c1-11(12-6-8-13(19)9-7-12)10-20-18-22-17-16(23-24-18)14-4-2-3-5-15(14)21-17/h2-9,11H,10,19H2,1H3,(H2,20,21,22,24). The number of aromatic nitrogens is 4. The van der Waals surface area contributed by atoms with Gasteiger partial charge in [-0.1, -0.05) is 37.3 Å². The van der Waals surface area contributed by atoms with Crippen molar-refractivity contribution in [2.45, 2.75) is 12.8 Å². The first-order valence-electron chi connectivity index (χ1n) is 7.91. The third-order valence-electron chi connectivity index (χ3n) is 4.19. The lowest BCUT2D eigenvalue weighted by Crippen LogP contribution is -2.12. The van der Waals surface area contributed by atoms with E-state index in [0.29, 0.717) is 11.9 Å². The fraction of sp³-hybridized carbons (Fsp3) is 0.167. The third kappa shape index (κ3) is 2.62. The molecule has 120 valence electrons. The van der Waals surface area contributed by atoms with Gasteiger partial charge in [-0.15, -0.1) is 10.2 Å². The first-order valence-corrected chi connectivity index (χ1v) is 7.91. The second-order valence-electron chi connectivity index (χ2n) is 5.95. The minimum absolute atomic E-state index is 0.313. The summed E-state index contributed by atoms with van der Waals surface area (Å²) in [5.41, 5.74) is 10.3. The van der Waals surface area contributed by atoms with Gasteiger partial charge in [0, 0.05) is 23.1 Å².